The van der Waals surface area contributed by atoms with E-state index in [2.05, 4.69) is 30.1 Å². The van der Waals surface area contributed by atoms with Crippen molar-refractivity contribution in [2.24, 2.45) is 14.1 Å². The molecule has 0 saturated heterocycles. The molecule has 0 aromatic carbocycles. The second-order valence-corrected chi connectivity index (χ2v) is 4.88. The Labute approximate surface area is 113 Å². The van der Waals surface area contributed by atoms with E-state index in [1.165, 1.54) is 0 Å². The largest absolute Gasteiger partial charge is 0.388 e. The zero-order chi connectivity index (χ0) is 14.0. The lowest BCUT2D eigenvalue weighted by Crippen LogP contribution is -2.07. The minimum atomic E-state index is -0.524. The van der Waals surface area contributed by atoms with E-state index < -0.39 is 6.10 Å². The Balaban J connectivity index is 2.19. The van der Waals surface area contributed by atoms with Crippen LogP contribution in [0.2, 0.25) is 0 Å². The predicted octanol–water partition coefficient (Wildman–Crippen LogP) is 1.55. The number of rotatable bonds is 5. The Morgan fingerprint density at radius 3 is 2.53 bits per heavy atom. The molecular weight excluding hydrogens is 240 g/mol. The molecule has 0 aliphatic heterocycles. The van der Waals surface area contributed by atoms with Gasteiger partial charge < -0.3 is 5.11 Å². The van der Waals surface area contributed by atoms with Gasteiger partial charge >= 0.3 is 0 Å². The molecule has 5 heteroatoms. The van der Waals surface area contributed by atoms with Crippen LogP contribution in [0, 0.1) is 0 Å². The number of hydrogen-bond donors (Lipinski definition) is 1. The summed E-state index contributed by atoms with van der Waals surface area (Å²) >= 11 is 0. The van der Waals surface area contributed by atoms with Gasteiger partial charge in [-0.25, -0.2) is 0 Å². The van der Waals surface area contributed by atoms with Crippen LogP contribution in [-0.4, -0.2) is 24.7 Å². The molecule has 1 unspecified atom stereocenters. The Kier molecular flexibility index (Phi) is 4.04. The third-order valence-corrected chi connectivity index (χ3v) is 3.42. The van der Waals surface area contributed by atoms with Gasteiger partial charge in [-0.3, -0.25) is 9.36 Å². The number of aliphatic hydroxyl groups excluding tert-OH is 1. The molecule has 1 N–H and O–H groups in total. The first kappa shape index (κ1) is 13.8. The summed E-state index contributed by atoms with van der Waals surface area (Å²) in [6.45, 7) is 4.14. The molecule has 2 aromatic heterocycles. The summed E-state index contributed by atoms with van der Waals surface area (Å²) in [6.07, 6.45) is 3.70. The van der Waals surface area contributed by atoms with Crippen LogP contribution in [0.15, 0.2) is 12.3 Å². The second kappa shape index (κ2) is 5.57. The number of hydrogen-bond acceptors (Lipinski definition) is 3. The van der Waals surface area contributed by atoms with Gasteiger partial charge in [0.2, 0.25) is 0 Å². The van der Waals surface area contributed by atoms with Crippen LogP contribution in [0.5, 0.6) is 0 Å². The van der Waals surface area contributed by atoms with Crippen molar-refractivity contribution < 1.29 is 5.11 Å². The van der Waals surface area contributed by atoms with Crippen molar-refractivity contribution in [3.63, 3.8) is 0 Å². The summed E-state index contributed by atoms with van der Waals surface area (Å²) < 4.78 is 3.61. The fraction of sp³-hybridized carbons (Fsp3) is 0.571. The average Bonchev–Trinajstić information content (AvgIpc) is 2.93. The number of aryl methyl sites for hydroxylation is 4. The molecule has 1 atom stereocenters. The van der Waals surface area contributed by atoms with Crippen LogP contribution in [0.3, 0.4) is 0 Å². The molecule has 5 nitrogen and oxygen atoms in total. The van der Waals surface area contributed by atoms with E-state index in [1.54, 1.807) is 4.68 Å². The number of nitrogens with zero attached hydrogens (tertiary/aromatic N) is 4. The number of aromatic nitrogens is 4. The molecule has 2 aromatic rings. The third-order valence-electron chi connectivity index (χ3n) is 3.42. The summed E-state index contributed by atoms with van der Waals surface area (Å²) in [6, 6.07) is 2.06. The van der Waals surface area contributed by atoms with Gasteiger partial charge in [-0.15, -0.1) is 0 Å². The highest BCUT2D eigenvalue weighted by Gasteiger charge is 2.17. The van der Waals surface area contributed by atoms with E-state index in [9.17, 15) is 5.11 Å². The van der Waals surface area contributed by atoms with Gasteiger partial charge in [0.15, 0.2) is 0 Å². The van der Waals surface area contributed by atoms with Crippen LogP contribution in [0.4, 0.5) is 0 Å². The second-order valence-electron chi connectivity index (χ2n) is 4.88. The highest BCUT2D eigenvalue weighted by atomic mass is 16.3. The lowest BCUT2D eigenvalue weighted by molar-refractivity contribution is 0.174. The maximum atomic E-state index is 10.4. The molecule has 0 bridgehead atoms. The maximum Gasteiger partial charge on any atom is 0.0878 e. The first-order valence-corrected chi connectivity index (χ1v) is 6.77. The van der Waals surface area contributed by atoms with E-state index >= 15 is 0 Å². The Morgan fingerprint density at radius 1 is 1.21 bits per heavy atom. The van der Waals surface area contributed by atoms with Gasteiger partial charge in [-0.1, -0.05) is 13.8 Å². The molecule has 0 aliphatic rings. The van der Waals surface area contributed by atoms with Crippen LogP contribution in [-0.2, 0) is 33.4 Å². The van der Waals surface area contributed by atoms with E-state index in [-0.39, 0.29) is 0 Å². The molecule has 0 radical (unpaired) electrons. The van der Waals surface area contributed by atoms with Crippen molar-refractivity contribution in [2.45, 2.75) is 39.2 Å². The molecular formula is C14H22N4O. The fourth-order valence-corrected chi connectivity index (χ4v) is 2.35. The molecule has 0 amide bonds. The van der Waals surface area contributed by atoms with Gasteiger partial charge in [0.25, 0.3) is 0 Å². The van der Waals surface area contributed by atoms with Crippen molar-refractivity contribution in [1.82, 2.24) is 19.6 Å². The Bertz CT molecular complexity index is 556. The van der Waals surface area contributed by atoms with E-state index in [0.717, 1.165) is 35.5 Å². The monoisotopic (exact) mass is 262 g/mol. The summed E-state index contributed by atoms with van der Waals surface area (Å²) in [4.78, 5) is 0. The minimum absolute atomic E-state index is 0.524. The first-order chi connectivity index (χ1) is 9.05. The van der Waals surface area contributed by atoms with Crippen molar-refractivity contribution in [3.05, 3.63) is 34.9 Å². The molecule has 19 heavy (non-hydrogen) atoms. The zero-order valence-electron chi connectivity index (χ0n) is 12.1. The smallest absolute Gasteiger partial charge is 0.0878 e. The first-order valence-electron chi connectivity index (χ1n) is 6.77. The normalized spacial score (nSPS) is 12.9. The molecule has 0 spiro atoms. The fourth-order valence-electron chi connectivity index (χ4n) is 2.35. The zero-order valence-corrected chi connectivity index (χ0v) is 12.1. The summed E-state index contributed by atoms with van der Waals surface area (Å²) in [5.41, 5.74) is 4.00. The lowest BCUT2D eigenvalue weighted by atomic mass is 10.0. The van der Waals surface area contributed by atoms with Crippen LogP contribution in [0.25, 0.3) is 0 Å². The SMILES string of the molecule is CCc1cc(CC(O)c2cn(C)nc2CC)n(C)n1. The quantitative estimate of drug-likeness (QED) is 0.889. The molecule has 0 fully saturated rings. The van der Waals surface area contributed by atoms with Crippen LogP contribution < -0.4 is 0 Å². The van der Waals surface area contributed by atoms with Crippen LogP contribution in [0.1, 0.15) is 42.6 Å². The van der Waals surface area contributed by atoms with Gasteiger partial charge in [0, 0.05) is 38.0 Å². The van der Waals surface area contributed by atoms with Crippen molar-refractivity contribution in [2.75, 3.05) is 0 Å². The standard InChI is InChI=1S/C14H22N4O/c1-5-10-7-11(18(4)15-10)8-14(19)12-9-17(3)16-13(12)6-2/h7,9,14,19H,5-6,8H2,1-4H3. The highest BCUT2D eigenvalue weighted by Crippen LogP contribution is 2.22. The van der Waals surface area contributed by atoms with Gasteiger partial charge in [0.05, 0.1) is 17.5 Å². The third kappa shape index (κ3) is 2.87. The predicted molar refractivity (Wildman–Crippen MR) is 73.8 cm³/mol. The van der Waals surface area contributed by atoms with E-state index in [0.29, 0.717) is 6.42 Å². The van der Waals surface area contributed by atoms with Crippen molar-refractivity contribution >= 4 is 0 Å². The van der Waals surface area contributed by atoms with Gasteiger partial charge in [0.1, 0.15) is 0 Å². The van der Waals surface area contributed by atoms with E-state index in [4.69, 9.17) is 0 Å². The van der Waals surface area contributed by atoms with Gasteiger partial charge in [-0.2, -0.15) is 10.2 Å². The summed E-state index contributed by atoms with van der Waals surface area (Å²) in [5, 5.41) is 19.2. The Hall–Kier alpha value is -1.62. The molecule has 104 valence electrons. The summed E-state index contributed by atoms with van der Waals surface area (Å²) in [7, 11) is 3.81. The molecule has 2 heterocycles. The highest BCUT2D eigenvalue weighted by molar-refractivity contribution is 5.22. The average molecular weight is 262 g/mol. The minimum Gasteiger partial charge on any atom is -0.388 e. The molecule has 2 rings (SSSR count). The number of aliphatic hydroxyl groups is 1. The maximum absolute atomic E-state index is 10.4. The van der Waals surface area contributed by atoms with Crippen molar-refractivity contribution in [1.29, 1.82) is 0 Å². The molecule has 0 saturated carbocycles. The van der Waals surface area contributed by atoms with E-state index in [1.807, 2.05) is 25.0 Å². The lowest BCUT2D eigenvalue weighted by Gasteiger charge is -2.10. The topological polar surface area (TPSA) is 55.9 Å². The Morgan fingerprint density at radius 2 is 1.95 bits per heavy atom. The molecule has 0 aliphatic carbocycles. The summed E-state index contributed by atoms with van der Waals surface area (Å²) in [5.74, 6) is 0. The van der Waals surface area contributed by atoms with Crippen LogP contribution >= 0.6 is 0 Å². The van der Waals surface area contributed by atoms with Crippen molar-refractivity contribution in [3.8, 4) is 0 Å². The van der Waals surface area contributed by atoms with Gasteiger partial charge in [-0.05, 0) is 18.9 Å².